The van der Waals surface area contributed by atoms with Crippen LogP contribution in [-0.2, 0) is 16.1 Å². The molecule has 23 heavy (non-hydrogen) atoms. The maximum absolute atomic E-state index is 12.4. The quantitative estimate of drug-likeness (QED) is 0.875. The molecule has 122 valence electrons. The van der Waals surface area contributed by atoms with Gasteiger partial charge in [0.05, 0.1) is 17.4 Å². The zero-order valence-electron chi connectivity index (χ0n) is 13.4. The fourth-order valence-corrected chi connectivity index (χ4v) is 3.70. The Hall–Kier alpha value is -1.88. The van der Waals surface area contributed by atoms with E-state index in [0.29, 0.717) is 12.5 Å². The van der Waals surface area contributed by atoms with E-state index in [2.05, 4.69) is 23.2 Å². The summed E-state index contributed by atoms with van der Waals surface area (Å²) in [5, 5.41) is 0. The Morgan fingerprint density at radius 1 is 1.22 bits per heavy atom. The van der Waals surface area contributed by atoms with Crippen molar-refractivity contribution in [2.75, 3.05) is 26.3 Å². The van der Waals surface area contributed by atoms with Crippen molar-refractivity contribution < 1.29 is 9.53 Å². The fourth-order valence-electron chi connectivity index (χ4n) is 3.70. The van der Waals surface area contributed by atoms with Crippen molar-refractivity contribution in [1.82, 2.24) is 14.5 Å². The van der Waals surface area contributed by atoms with Crippen molar-refractivity contribution in [3.05, 3.63) is 30.1 Å². The van der Waals surface area contributed by atoms with Gasteiger partial charge in [-0.15, -0.1) is 0 Å². The van der Waals surface area contributed by atoms with Gasteiger partial charge >= 0.3 is 0 Å². The number of fused-ring (bicyclic) bond motifs is 1. The van der Waals surface area contributed by atoms with Gasteiger partial charge in [0.15, 0.2) is 0 Å². The highest BCUT2D eigenvalue weighted by atomic mass is 16.5. The molecule has 1 aromatic heterocycles. The van der Waals surface area contributed by atoms with Crippen LogP contribution in [0.2, 0.25) is 0 Å². The molecule has 5 heteroatoms. The minimum Gasteiger partial charge on any atom is -0.381 e. The zero-order valence-corrected chi connectivity index (χ0v) is 13.4. The molecule has 2 aliphatic heterocycles. The number of carbonyl (C=O) groups is 1. The monoisotopic (exact) mass is 313 g/mol. The van der Waals surface area contributed by atoms with Gasteiger partial charge in [0.25, 0.3) is 0 Å². The lowest BCUT2D eigenvalue weighted by atomic mass is 9.91. The first-order chi connectivity index (χ1) is 11.3. The van der Waals surface area contributed by atoms with E-state index >= 15 is 0 Å². The number of amides is 1. The van der Waals surface area contributed by atoms with Crippen LogP contribution < -0.4 is 0 Å². The van der Waals surface area contributed by atoms with Crippen molar-refractivity contribution in [2.45, 2.75) is 38.1 Å². The maximum Gasteiger partial charge on any atom is 0.242 e. The first-order valence-electron chi connectivity index (χ1n) is 8.61. The Kier molecular flexibility index (Phi) is 4.04. The average Bonchev–Trinajstić information content (AvgIpc) is 3.25. The number of hydrogen-bond acceptors (Lipinski definition) is 3. The van der Waals surface area contributed by atoms with Gasteiger partial charge in [0.1, 0.15) is 6.54 Å². The first-order valence-corrected chi connectivity index (χ1v) is 8.61. The van der Waals surface area contributed by atoms with Crippen molar-refractivity contribution in [3.8, 4) is 0 Å². The molecule has 0 N–H and O–H groups in total. The van der Waals surface area contributed by atoms with Crippen LogP contribution in [0.5, 0.6) is 0 Å². The Bertz CT molecular complexity index is 697. The second-order valence-electron chi connectivity index (χ2n) is 6.60. The molecule has 2 aromatic rings. The molecule has 1 aromatic carbocycles. The third-order valence-corrected chi connectivity index (χ3v) is 5.10. The van der Waals surface area contributed by atoms with Crippen molar-refractivity contribution in [2.24, 2.45) is 0 Å². The molecule has 5 nitrogen and oxygen atoms in total. The van der Waals surface area contributed by atoms with Crippen LogP contribution in [0.4, 0.5) is 0 Å². The first kappa shape index (κ1) is 14.7. The number of benzene rings is 1. The molecule has 4 rings (SSSR count). The minimum absolute atomic E-state index is 0.207. The van der Waals surface area contributed by atoms with Gasteiger partial charge in [-0.05, 0) is 49.3 Å². The molecular formula is C18H23N3O2. The molecule has 1 amide bonds. The molecule has 0 spiro atoms. The zero-order chi connectivity index (χ0) is 15.6. The molecule has 0 saturated carbocycles. The van der Waals surface area contributed by atoms with Gasteiger partial charge in [-0.3, -0.25) is 4.79 Å². The van der Waals surface area contributed by atoms with E-state index in [9.17, 15) is 4.79 Å². The number of nitrogens with zero attached hydrogens (tertiary/aromatic N) is 3. The van der Waals surface area contributed by atoms with E-state index in [1.165, 1.54) is 5.56 Å². The number of aromatic nitrogens is 2. The SMILES string of the molecule is O=C(Cn1cnc2ccc(C3CCOCC3)cc21)N1CCCC1. The number of rotatable bonds is 3. The number of hydrogen-bond donors (Lipinski definition) is 0. The lowest BCUT2D eigenvalue weighted by Gasteiger charge is -2.22. The Morgan fingerprint density at radius 2 is 2.00 bits per heavy atom. The second kappa shape index (κ2) is 6.32. The summed E-state index contributed by atoms with van der Waals surface area (Å²) in [6, 6.07) is 6.48. The van der Waals surface area contributed by atoms with Crippen LogP contribution in [0.15, 0.2) is 24.5 Å². The normalized spacial score (nSPS) is 19.6. The number of carbonyl (C=O) groups excluding carboxylic acids is 1. The Morgan fingerprint density at radius 3 is 2.78 bits per heavy atom. The Balaban J connectivity index is 1.58. The standard InChI is InChI=1S/C18H23N3O2/c22-18(20-7-1-2-8-20)12-21-13-19-16-4-3-15(11-17(16)21)14-5-9-23-10-6-14/h3-4,11,13-14H,1-2,5-10,12H2. The van der Waals surface area contributed by atoms with Gasteiger partial charge in [0, 0.05) is 26.3 Å². The summed E-state index contributed by atoms with van der Waals surface area (Å²) in [4.78, 5) is 18.8. The van der Waals surface area contributed by atoms with Crippen molar-refractivity contribution in [3.63, 3.8) is 0 Å². The molecule has 0 unspecified atom stereocenters. The summed E-state index contributed by atoms with van der Waals surface area (Å²) >= 11 is 0. The molecule has 2 saturated heterocycles. The van der Waals surface area contributed by atoms with Gasteiger partial charge < -0.3 is 14.2 Å². The van der Waals surface area contributed by atoms with Crippen LogP contribution in [0.3, 0.4) is 0 Å². The van der Waals surface area contributed by atoms with Crippen LogP contribution >= 0.6 is 0 Å². The predicted octanol–water partition coefficient (Wildman–Crippen LogP) is 2.55. The van der Waals surface area contributed by atoms with Gasteiger partial charge in [-0.25, -0.2) is 4.98 Å². The highest BCUT2D eigenvalue weighted by Crippen LogP contribution is 2.29. The largest absolute Gasteiger partial charge is 0.381 e. The van der Waals surface area contributed by atoms with E-state index in [1.54, 1.807) is 6.33 Å². The van der Waals surface area contributed by atoms with E-state index in [4.69, 9.17) is 4.74 Å². The average molecular weight is 313 g/mol. The molecule has 0 aliphatic carbocycles. The summed E-state index contributed by atoms with van der Waals surface area (Å²) in [6.07, 6.45) is 6.21. The van der Waals surface area contributed by atoms with Crippen LogP contribution in [0.25, 0.3) is 11.0 Å². The molecule has 2 aliphatic rings. The van der Waals surface area contributed by atoms with E-state index in [0.717, 1.165) is 63.0 Å². The van der Waals surface area contributed by atoms with E-state index in [1.807, 2.05) is 9.47 Å². The van der Waals surface area contributed by atoms with Gasteiger partial charge in [-0.1, -0.05) is 6.07 Å². The summed E-state index contributed by atoms with van der Waals surface area (Å²) in [7, 11) is 0. The molecule has 3 heterocycles. The second-order valence-corrected chi connectivity index (χ2v) is 6.60. The van der Waals surface area contributed by atoms with Crippen molar-refractivity contribution >= 4 is 16.9 Å². The third-order valence-electron chi connectivity index (χ3n) is 5.10. The number of imidazole rings is 1. The van der Waals surface area contributed by atoms with Crippen LogP contribution in [0.1, 0.15) is 37.2 Å². The molecule has 0 atom stereocenters. The lowest BCUT2D eigenvalue weighted by molar-refractivity contribution is -0.130. The molecule has 0 bridgehead atoms. The fraction of sp³-hybridized carbons (Fsp3) is 0.556. The summed E-state index contributed by atoms with van der Waals surface area (Å²) in [6.45, 7) is 3.89. The summed E-state index contributed by atoms with van der Waals surface area (Å²) < 4.78 is 7.46. The summed E-state index contributed by atoms with van der Waals surface area (Å²) in [5.74, 6) is 0.768. The number of ether oxygens (including phenoxy) is 1. The highest BCUT2D eigenvalue weighted by molar-refractivity contribution is 5.81. The van der Waals surface area contributed by atoms with Gasteiger partial charge in [-0.2, -0.15) is 0 Å². The maximum atomic E-state index is 12.4. The van der Waals surface area contributed by atoms with E-state index in [-0.39, 0.29) is 5.91 Å². The predicted molar refractivity (Wildman–Crippen MR) is 88.3 cm³/mol. The van der Waals surface area contributed by atoms with Crippen LogP contribution in [-0.4, -0.2) is 46.7 Å². The lowest BCUT2D eigenvalue weighted by Crippen LogP contribution is -2.30. The summed E-state index contributed by atoms with van der Waals surface area (Å²) in [5.41, 5.74) is 3.38. The smallest absolute Gasteiger partial charge is 0.242 e. The molecule has 2 fully saturated rings. The Labute approximate surface area is 136 Å². The van der Waals surface area contributed by atoms with Gasteiger partial charge in [0.2, 0.25) is 5.91 Å². The van der Waals surface area contributed by atoms with Crippen LogP contribution in [0, 0.1) is 0 Å². The van der Waals surface area contributed by atoms with Crippen molar-refractivity contribution in [1.29, 1.82) is 0 Å². The number of likely N-dealkylation sites (tertiary alicyclic amines) is 1. The topological polar surface area (TPSA) is 47.4 Å². The molecule has 0 radical (unpaired) electrons. The third kappa shape index (κ3) is 2.98. The highest BCUT2D eigenvalue weighted by Gasteiger charge is 2.20. The minimum atomic E-state index is 0.207. The van der Waals surface area contributed by atoms with E-state index < -0.39 is 0 Å². The molecular weight excluding hydrogens is 290 g/mol.